The van der Waals surface area contributed by atoms with Crippen LogP contribution in [0.5, 0.6) is 0 Å². The fourth-order valence-electron chi connectivity index (χ4n) is 4.50. The molecule has 1 unspecified atom stereocenters. The number of piperazine rings is 1. The van der Waals surface area contributed by atoms with E-state index in [9.17, 15) is 19.5 Å². The van der Waals surface area contributed by atoms with Crippen molar-refractivity contribution in [1.29, 1.82) is 0 Å². The van der Waals surface area contributed by atoms with Gasteiger partial charge < -0.3 is 20.6 Å². The standard InChI is InChI=1S/C30H37N5O4S/c1-17-8-10-20(14-21(17)19-9-11-23(18(2)36)32-16-19)33-28(39)34-25-22(15-24(40-25)29(3,4)5)26(37)35-13-12-31-27(38)30(35,6)7/h8-11,14-16,18,36H,12-13H2,1-7H3,(H,31,38)(H2,33,34,39). The first kappa shape index (κ1) is 29.2. The Morgan fingerprint density at radius 3 is 2.50 bits per heavy atom. The third-order valence-electron chi connectivity index (χ3n) is 7.05. The lowest BCUT2D eigenvalue weighted by Gasteiger charge is -2.41. The van der Waals surface area contributed by atoms with Crippen LogP contribution in [0.1, 0.15) is 74.1 Å². The van der Waals surface area contributed by atoms with Crippen LogP contribution >= 0.6 is 11.3 Å². The highest BCUT2D eigenvalue weighted by Gasteiger charge is 2.42. The number of aliphatic hydroxyl groups is 1. The summed E-state index contributed by atoms with van der Waals surface area (Å²) in [7, 11) is 0. The third kappa shape index (κ3) is 6.03. The van der Waals surface area contributed by atoms with E-state index < -0.39 is 17.7 Å². The van der Waals surface area contributed by atoms with Crippen LogP contribution in [-0.2, 0) is 10.2 Å². The molecular formula is C30H37N5O4S. The Hall–Kier alpha value is -3.76. The second-order valence-electron chi connectivity index (χ2n) is 11.6. The molecule has 9 nitrogen and oxygen atoms in total. The lowest BCUT2D eigenvalue weighted by molar-refractivity contribution is -0.133. The van der Waals surface area contributed by atoms with Crippen molar-refractivity contribution in [3.8, 4) is 11.1 Å². The molecule has 212 valence electrons. The van der Waals surface area contributed by atoms with Gasteiger partial charge in [0.25, 0.3) is 5.91 Å². The number of nitrogens with zero attached hydrogens (tertiary/aromatic N) is 2. The number of hydrogen-bond acceptors (Lipinski definition) is 6. The molecule has 0 bridgehead atoms. The first-order chi connectivity index (χ1) is 18.7. The Morgan fingerprint density at radius 1 is 1.15 bits per heavy atom. The van der Waals surface area contributed by atoms with Crippen LogP contribution in [0.15, 0.2) is 42.6 Å². The monoisotopic (exact) mass is 563 g/mol. The highest BCUT2D eigenvalue weighted by atomic mass is 32.1. The van der Waals surface area contributed by atoms with Crippen LogP contribution in [0.3, 0.4) is 0 Å². The third-order valence-corrected chi connectivity index (χ3v) is 8.52. The topological polar surface area (TPSA) is 124 Å². The number of urea groups is 1. The molecule has 10 heteroatoms. The van der Waals surface area contributed by atoms with E-state index in [4.69, 9.17) is 0 Å². The highest BCUT2D eigenvalue weighted by molar-refractivity contribution is 7.16. The van der Waals surface area contributed by atoms with Crippen LogP contribution in [0.25, 0.3) is 11.1 Å². The van der Waals surface area contributed by atoms with Gasteiger partial charge in [-0.2, -0.15) is 0 Å². The van der Waals surface area contributed by atoms with Crippen LogP contribution in [-0.4, -0.2) is 51.5 Å². The number of carbonyl (C=O) groups is 3. The van der Waals surface area contributed by atoms with Crippen molar-refractivity contribution in [3.63, 3.8) is 0 Å². The van der Waals surface area contributed by atoms with Crippen LogP contribution in [0, 0.1) is 6.92 Å². The van der Waals surface area contributed by atoms with Crippen LogP contribution in [0.4, 0.5) is 15.5 Å². The van der Waals surface area contributed by atoms with Crippen molar-refractivity contribution in [2.75, 3.05) is 23.7 Å². The molecule has 2 aromatic heterocycles. The number of aliphatic hydroxyl groups excluding tert-OH is 1. The number of aromatic nitrogens is 1. The van der Waals surface area contributed by atoms with Crippen LogP contribution in [0.2, 0.25) is 0 Å². The SMILES string of the molecule is Cc1ccc(NC(=O)Nc2sc(C(C)(C)C)cc2C(=O)N2CCNC(=O)C2(C)C)cc1-c1ccc(C(C)O)nc1. The molecule has 1 aromatic carbocycles. The van der Waals surface area contributed by atoms with Gasteiger partial charge in [-0.3, -0.25) is 19.9 Å². The second kappa shape index (κ2) is 11.0. The van der Waals surface area contributed by atoms with Gasteiger partial charge in [-0.05, 0) is 68.5 Å². The normalized spacial score (nSPS) is 15.8. The van der Waals surface area contributed by atoms with Gasteiger partial charge >= 0.3 is 6.03 Å². The van der Waals surface area contributed by atoms with E-state index >= 15 is 0 Å². The number of rotatable bonds is 5. The van der Waals surface area contributed by atoms with Gasteiger partial charge in [0.15, 0.2) is 0 Å². The molecule has 4 amide bonds. The van der Waals surface area contributed by atoms with Gasteiger partial charge in [0.1, 0.15) is 10.5 Å². The zero-order valence-electron chi connectivity index (χ0n) is 24.0. The molecule has 1 aliphatic rings. The summed E-state index contributed by atoms with van der Waals surface area (Å²) >= 11 is 1.36. The zero-order valence-corrected chi connectivity index (χ0v) is 24.8. The summed E-state index contributed by atoms with van der Waals surface area (Å²) in [6, 6.07) is 10.6. The zero-order chi connectivity index (χ0) is 29.4. The van der Waals surface area contributed by atoms with Gasteiger partial charge in [0.05, 0.1) is 17.4 Å². The smallest absolute Gasteiger partial charge is 0.324 e. The minimum atomic E-state index is -1.01. The summed E-state index contributed by atoms with van der Waals surface area (Å²) in [6.07, 6.45) is 1.05. The lowest BCUT2D eigenvalue weighted by atomic mass is 9.93. The summed E-state index contributed by atoms with van der Waals surface area (Å²) < 4.78 is 0. The van der Waals surface area contributed by atoms with Crippen molar-refractivity contribution < 1.29 is 19.5 Å². The number of nitrogens with one attached hydrogen (secondary N) is 3. The molecule has 4 rings (SSSR count). The molecule has 3 heterocycles. The summed E-state index contributed by atoms with van der Waals surface area (Å²) in [6.45, 7) is 14.0. The molecular weight excluding hydrogens is 526 g/mol. The van der Waals surface area contributed by atoms with Crippen molar-refractivity contribution in [2.24, 2.45) is 0 Å². The Morgan fingerprint density at radius 2 is 1.88 bits per heavy atom. The minimum absolute atomic E-state index is 0.212. The molecule has 0 spiro atoms. The largest absolute Gasteiger partial charge is 0.387 e. The Kier molecular flexibility index (Phi) is 8.05. The first-order valence-electron chi connectivity index (χ1n) is 13.3. The van der Waals surface area contributed by atoms with E-state index in [-0.39, 0.29) is 17.2 Å². The number of aryl methyl sites for hydroxylation is 1. The molecule has 1 saturated heterocycles. The van der Waals surface area contributed by atoms with Gasteiger partial charge in [-0.1, -0.05) is 32.9 Å². The Balaban J connectivity index is 1.59. The summed E-state index contributed by atoms with van der Waals surface area (Å²) in [5.41, 5.74) is 3.03. The molecule has 1 fully saturated rings. The number of anilines is 2. The van der Waals surface area contributed by atoms with Crippen molar-refractivity contribution in [2.45, 2.75) is 65.5 Å². The molecule has 0 aliphatic carbocycles. The molecule has 0 saturated carbocycles. The summed E-state index contributed by atoms with van der Waals surface area (Å²) in [4.78, 5) is 46.2. The number of carbonyl (C=O) groups excluding carboxylic acids is 3. The minimum Gasteiger partial charge on any atom is -0.387 e. The van der Waals surface area contributed by atoms with Gasteiger partial charge in [-0.15, -0.1) is 11.3 Å². The molecule has 3 aromatic rings. The maximum absolute atomic E-state index is 13.7. The van der Waals surface area contributed by atoms with E-state index in [1.54, 1.807) is 37.9 Å². The first-order valence-corrected chi connectivity index (χ1v) is 14.1. The predicted octanol–water partition coefficient (Wildman–Crippen LogP) is 5.46. The Bertz CT molecular complexity index is 1440. The fourth-order valence-corrected chi connectivity index (χ4v) is 5.60. The average Bonchev–Trinajstić information content (AvgIpc) is 3.31. The van der Waals surface area contributed by atoms with Crippen molar-refractivity contribution >= 4 is 39.9 Å². The predicted molar refractivity (Wildman–Crippen MR) is 159 cm³/mol. The van der Waals surface area contributed by atoms with Gasteiger partial charge in [-0.25, -0.2) is 4.79 Å². The van der Waals surface area contributed by atoms with E-state index in [2.05, 4.69) is 20.9 Å². The molecule has 1 aliphatic heterocycles. The summed E-state index contributed by atoms with van der Waals surface area (Å²) in [5.74, 6) is -0.510. The highest BCUT2D eigenvalue weighted by Crippen LogP contribution is 2.38. The van der Waals surface area contributed by atoms with Gasteiger partial charge in [0, 0.05) is 35.4 Å². The molecule has 0 radical (unpaired) electrons. The second-order valence-corrected chi connectivity index (χ2v) is 12.7. The average molecular weight is 564 g/mol. The van der Waals surface area contributed by atoms with Crippen LogP contribution < -0.4 is 16.0 Å². The van der Waals surface area contributed by atoms with Gasteiger partial charge in [0.2, 0.25) is 5.91 Å². The fraction of sp³-hybridized carbons (Fsp3) is 0.400. The molecule has 40 heavy (non-hydrogen) atoms. The van der Waals surface area contributed by atoms with Crippen molar-refractivity contribution in [1.82, 2.24) is 15.2 Å². The number of amides is 4. The summed E-state index contributed by atoms with van der Waals surface area (Å²) in [5, 5.41) is 18.8. The van der Waals surface area contributed by atoms with E-state index in [0.29, 0.717) is 35.0 Å². The lowest BCUT2D eigenvalue weighted by Crippen LogP contribution is -2.63. The maximum Gasteiger partial charge on any atom is 0.324 e. The maximum atomic E-state index is 13.7. The number of pyridine rings is 1. The molecule has 1 atom stereocenters. The Labute approximate surface area is 239 Å². The van der Waals surface area contributed by atoms with E-state index in [1.165, 1.54) is 11.3 Å². The van der Waals surface area contributed by atoms with E-state index in [1.807, 2.05) is 58.0 Å². The number of benzene rings is 1. The molecule has 4 N–H and O–H groups in total. The quantitative estimate of drug-likeness (QED) is 0.328. The van der Waals surface area contributed by atoms with E-state index in [0.717, 1.165) is 21.6 Å². The van der Waals surface area contributed by atoms with Crippen molar-refractivity contribution in [3.05, 3.63) is 64.3 Å². The number of hydrogen-bond donors (Lipinski definition) is 4. The number of thiophene rings is 1.